The summed E-state index contributed by atoms with van der Waals surface area (Å²) in [5, 5.41) is 2.70. The minimum atomic E-state index is -0.402. The molecule has 1 aromatic rings. The summed E-state index contributed by atoms with van der Waals surface area (Å²) in [4.78, 5) is 11.3. The largest absolute Gasteiger partial charge is 0.447 e. The first-order chi connectivity index (χ1) is 8.11. The Kier molecular flexibility index (Phi) is 5.53. The molecule has 94 valence electrons. The maximum Gasteiger partial charge on any atom is 0.411 e. The molecule has 0 bridgehead atoms. The van der Waals surface area contributed by atoms with Crippen LogP contribution >= 0.6 is 0 Å². The molecule has 3 nitrogen and oxygen atoms in total. The second-order valence-corrected chi connectivity index (χ2v) is 4.38. The average Bonchev–Trinajstić information content (AvgIpc) is 2.27. The van der Waals surface area contributed by atoms with Gasteiger partial charge in [0.25, 0.3) is 0 Å². The van der Waals surface area contributed by atoms with E-state index in [9.17, 15) is 4.79 Å². The molecule has 1 aromatic carbocycles. The maximum absolute atomic E-state index is 11.3. The molecule has 1 amide bonds. The van der Waals surface area contributed by atoms with Crippen LogP contribution in [-0.2, 0) is 11.2 Å². The van der Waals surface area contributed by atoms with Crippen molar-refractivity contribution in [3.8, 4) is 0 Å². The van der Waals surface area contributed by atoms with E-state index in [0.717, 1.165) is 12.1 Å². The molecule has 0 atom stereocenters. The fourth-order valence-electron chi connectivity index (χ4n) is 1.50. The lowest BCUT2D eigenvalue weighted by atomic mass is 10.1. The van der Waals surface area contributed by atoms with Crippen LogP contribution < -0.4 is 5.32 Å². The Balaban J connectivity index is 2.47. The minimum absolute atomic E-state index is 0.0983. The van der Waals surface area contributed by atoms with Gasteiger partial charge in [-0.05, 0) is 44.4 Å². The molecule has 0 spiro atoms. The highest BCUT2D eigenvalue weighted by atomic mass is 16.6. The summed E-state index contributed by atoms with van der Waals surface area (Å²) in [7, 11) is 0. The van der Waals surface area contributed by atoms with Crippen LogP contribution in [0.2, 0.25) is 0 Å². The van der Waals surface area contributed by atoms with Gasteiger partial charge in [-0.3, -0.25) is 5.32 Å². The quantitative estimate of drug-likeness (QED) is 0.838. The molecule has 17 heavy (non-hydrogen) atoms. The van der Waals surface area contributed by atoms with Crippen LogP contribution in [0.3, 0.4) is 0 Å². The Labute approximate surface area is 103 Å². The van der Waals surface area contributed by atoms with E-state index in [0.29, 0.717) is 0 Å². The van der Waals surface area contributed by atoms with Gasteiger partial charge in [0.05, 0.1) is 6.10 Å². The Morgan fingerprint density at radius 1 is 1.29 bits per heavy atom. The number of rotatable bonds is 5. The SMILES string of the molecule is CCCCc1ccc(NC(=O)OC(C)C)cc1. The van der Waals surface area contributed by atoms with Gasteiger partial charge in [-0.15, -0.1) is 0 Å². The lowest BCUT2D eigenvalue weighted by Crippen LogP contribution is -2.17. The van der Waals surface area contributed by atoms with E-state index < -0.39 is 6.09 Å². The van der Waals surface area contributed by atoms with Crippen LogP contribution in [-0.4, -0.2) is 12.2 Å². The third kappa shape index (κ3) is 5.38. The van der Waals surface area contributed by atoms with E-state index >= 15 is 0 Å². The smallest absolute Gasteiger partial charge is 0.411 e. The van der Waals surface area contributed by atoms with Gasteiger partial charge < -0.3 is 4.74 Å². The predicted octanol–water partition coefficient (Wildman–Crippen LogP) is 3.99. The van der Waals surface area contributed by atoms with Crippen molar-refractivity contribution in [2.24, 2.45) is 0 Å². The number of ether oxygens (including phenoxy) is 1. The molecule has 0 aliphatic heterocycles. The standard InChI is InChI=1S/C14H21NO2/c1-4-5-6-12-7-9-13(10-8-12)15-14(16)17-11(2)3/h7-11H,4-6H2,1-3H3,(H,15,16). The van der Waals surface area contributed by atoms with Crippen molar-refractivity contribution in [1.82, 2.24) is 0 Å². The van der Waals surface area contributed by atoms with Crippen molar-refractivity contribution in [2.45, 2.75) is 46.1 Å². The zero-order valence-corrected chi connectivity index (χ0v) is 10.8. The number of nitrogens with one attached hydrogen (secondary N) is 1. The third-order valence-corrected chi connectivity index (χ3v) is 2.36. The van der Waals surface area contributed by atoms with Crippen LogP contribution in [0.15, 0.2) is 24.3 Å². The van der Waals surface area contributed by atoms with E-state index in [1.807, 2.05) is 38.1 Å². The number of carbonyl (C=O) groups is 1. The zero-order valence-electron chi connectivity index (χ0n) is 10.8. The molecule has 0 unspecified atom stereocenters. The van der Waals surface area contributed by atoms with E-state index in [4.69, 9.17) is 4.74 Å². The first-order valence-corrected chi connectivity index (χ1v) is 6.18. The van der Waals surface area contributed by atoms with Crippen LogP contribution in [0.1, 0.15) is 39.2 Å². The summed E-state index contributed by atoms with van der Waals surface area (Å²) in [6.45, 7) is 5.83. The molecule has 0 radical (unpaired) electrons. The Hall–Kier alpha value is -1.51. The van der Waals surface area contributed by atoms with E-state index in [2.05, 4.69) is 12.2 Å². The minimum Gasteiger partial charge on any atom is -0.447 e. The van der Waals surface area contributed by atoms with Gasteiger partial charge in [0, 0.05) is 5.69 Å². The third-order valence-electron chi connectivity index (χ3n) is 2.36. The number of unbranched alkanes of at least 4 members (excludes halogenated alkanes) is 1. The fourth-order valence-corrected chi connectivity index (χ4v) is 1.50. The number of carbonyl (C=O) groups excluding carboxylic acids is 1. The summed E-state index contributed by atoms with van der Waals surface area (Å²) < 4.78 is 5.00. The maximum atomic E-state index is 11.3. The number of hydrogen-bond donors (Lipinski definition) is 1. The van der Waals surface area contributed by atoms with Crippen molar-refractivity contribution in [3.63, 3.8) is 0 Å². The van der Waals surface area contributed by atoms with Gasteiger partial charge >= 0.3 is 6.09 Å². The van der Waals surface area contributed by atoms with E-state index in [1.165, 1.54) is 18.4 Å². The number of anilines is 1. The molecule has 0 aliphatic rings. The Bertz CT molecular complexity index is 344. The molecule has 0 saturated carbocycles. The molecule has 1 N–H and O–H groups in total. The molecule has 0 fully saturated rings. The van der Waals surface area contributed by atoms with Crippen LogP contribution in [0.25, 0.3) is 0 Å². The molecular formula is C14H21NO2. The van der Waals surface area contributed by atoms with Crippen LogP contribution in [0, 0.1) is 0 Å². The lowest BCUT2D eigenvalue weighted by molar-refractivity contribution is 0.130. The van der Waals surface area contributed by atoms with Crippen molar-refractivity contribution < 1.29 is 9.53 Å². The van der Waals surface area contributed by atoms with Crippen molar-refractivity contribution in [1.29, 1.82) is 0 Å². The molecule has 0 aromatic heterocycles. The fraction of sp³-hybridized carbons (Fsp3) is 0.500. The lowest BCUT2D eigenvalue weighted by Gasteiger charge is -2.09. The number of amides is 1. The molecule has 0 heterocycles. The number of aryl methyl sites for hydroxylation is 1. The highest BCUT2D eigenvalue weighted by molar-refractivity contribution is 5.84. The van der Waals surface area contributed by atoms with Crippen LogP contribution in [0.4, 0.5) is 10.5 Å². The van der Waals surface area contributed by atoms with Gasteiger partial charge in [-0.2, -0.15) is 0 Å². The summed E-state index contributed by atoms with van der Waals surface area (Å²) in [6.07, 6.45) is 2.98. The normalized spacial score (nSPS) is 10.4. The predicted molar refractivity (Wildman–Crippen MR) is 70.3 cm³/mol. The van der Waals surface area contributed by atoms with Gasteiger partial charge in [0.2, 0.25) is 0 Å². The second kappa shape index (κ2) is 6.94. The van der Waals surface area contributed by atoms with Gasteiger partial charge in [0.15, 0.2) is 0 Å². The topological polar surface area (TPSA) is 38.3 Å². The van der Waals surface area contributed by atoms with E-state index in [1.54, 1.807) is 0 Å². The van der Waals surface area contributed by atoms with Gasteiger partial charge in [0.1, 0.15) is 0 Å². The summed E-state index contributed by atoms with van der Waals surface area (Å²) in [5.41, 5.74) is 2.07. The zero-order chi connectivity index (χ0) is 12.7. The molecule has 1 rings (SSSR count). The molecule has 0 aliphatic carbocycles. The first-order valence-electron chi connectivity index (χ1n) is 6.18. The summed E-state index contributed by atoms with van der Waals surface area (Å²) >= 11 is 0. The van der Waals surface area contributed by atoms with Crippen molar-refractivity contribution >= 4 is 11.8 Å². The molecule has 0 saturated heterocycles. The Morgan fingerprint density at radius 2 is 1.94 bits per heavy atom. The highest BCUT2D eigenvalue weighted by Crippen LogP contribution is 2.12. The molecule has 3 heteroatoms. The molecular weight excluding hydrogens is 214 g/mol. The van der Waals surface area contributed by atoms with Crippen molar-refractivity contribution in [3.05, 3.63) is 29.8 Å². The van der Waals surface area contributed by atoms with Gasteiger partial charge in [-0.25, -0.2) is 4.79 Å². The highest BCUT2D eigenvalue weighted by Gasteiger charge is 2.04. The van der Waals surface area contributed by atoms with Crippen LogP contribution in [0.5, 0.6) is 0 Å². The summed E-state index contributed by atoms with van der Waals surface area (Å²) in [5.74, 6) is 0. The van der Waals surface area contributed by atoms with E-state index in [-0.39, 0.29) is 6.10 Å². The monoisotopic (exact) mass is 235 g/mol. The number of hydrogen-bond acceptors (Lipinski definition) is 2. The summed E-state index contributed by atoms with van der Waals surface area (Å²) in [6, 6.07) is 7.90. The number of benzene rings is 1. The van der Waals surface area contributed by atoms with Crippen molar-refractivity contribution in [2.75, 3.05) is 5.32 Å². The Morgan fingerprint density at radius 3 is 2.47 bits per heavy atom. The second-order valence-electron chi connectivity index (χ2n) is 4.38. The average molecular weight is 235 g/mol. The van der Waals surface area contributed by atoms with Gasteiger partial charge in [-0.1, -0.05) is 25.5 Å². The first kappa shape index (κ1) is 13.6.